The largest absolute Gasteiger partial charge is 0.487 e. The summed E-state index contributed by atoms with van der Waals surface area (Å²) in [7, 11) is 0. The van der Waals surface area contributed by atoms with Crippen molar-refractivity contribution in [2.75, 3.05) is 13.2 Å². The van der Waals surface area contributed by atoms with Crippen LogP contribution in [0.25, 0.3) is 0 Å². The van der Waals surface area contributed by atoms with Crippen molar-refractivity contribution in [3.8, 4) is 5.75 Å². The smallest absolute Gasteiger partial charge is 0.293 e. The number of benzene rings is 1. The second kappa shape index (κ2) is 6.53. The zero-order valence-electron chi connectivity index (χ0n) is 12.8. The van der Waals surface area contributed by atoms with Gasteiger partial charge in [0, 0.05) is 5.56 Å². The third-order valence-electron chi connectivity index (χ3n) is 3.79. The SMILES string of the molecule is CCc1cccc(OCC(F)(F)CN)c1C(C)(C)CC. The van der Waals surface area contributed by atoms with Crippen LogP contribution in [-0.4, -0.2) is 19.1 Å². The van der Waals surface area contributed by atoms with Crippen LogP contribution in [0.4, 0.5) is 8.78 Å². The van der Waals surface area contributed by atoms with Crippen molar-refractivity contribution in [3.63, 3.8) is 0 Å². The van der Waals surface area contributed by atoms with Crippen molar-refractivity contribution in [3.05, 3.63) is 29.3 Å². The lowest BCUT2D eigenvalue weighted by Crippen LogP contribution is -2.35. The molecule has 1 rings (SSSR count). The summed E-state index contributed by atoms with van der Waals surface area (Å²) in [5.41, 5.74) is 7.11. The zero-order valence-corrected chi connectivity index (χ0v) is 12.8. The van der Waals surface area contributed by atoms with Gasteiger partial charge in [-0.15, -0.1) is 0 Å². The first kappa shape index (κ1) is 16.9. The molecule has 0 aliphatic carbocycles. The van der Waals surface area contributed by atoms with E-state index in [0.717, 1.165) is 24.0 Å². The molecule has 1 aromatic rings. The molecule has 0 unspecified atom stereocenters. The van der Waals surface area contributed by atoms with Crippen LogP contribution in [0.1, 0.15) is 45.2 Å². The summed E-state index contributed by atoms with van der Waals surface area (Å²) >= 11 is 0. The first-order chi connectivity index (χ1) is 9.27. The molecule has 2 nitrogen and oxygen atoms in total. The Labute approximate surface area is 120 Å². The topological polar surface area (TPSA) is 35.2 Å². The van der Waals surface area contributed by atoms with Gasteiger partial charge in [0.25, 0.3) is 5.92 Å². The Morgan fingerprint density at radius 3 is 2.35 bits per heavy atom. The van der Waals surface area contributed by atoms with Gasteiger partial charge in [0.2, 0.25) is 0 Å². The molecule has 0 aliphatic heterocycles. The van der Waals surface area contributed by atoms with Gasteiger partial charge in [-0.2, -0.15) is 0 Å². The monoisotopic (exact) mass is 285 g/mol. The lowest BCUT2D eigenvalue weighted by Gasteiger charge is -2.29. The Morgan fingerprint density at radius 1 is 1.20 bits per heavy atom. The Kier molecular flexibility index (Phi) is 5.51. The third-order valence-corrected chi connectivity index (χ3v) is 3.79. The van der Waals surface area contributed by atoms with E-state index >= 15 is 0 Å². The van der Waals surface area contributed by atoms with Crippen molar-refractivity contribution < 1.29 is 13.5 Å². The van der Waals surface area contributed by atoms with Crippen LogP contribution in [0, 0.1) is 0 Å². The number of rotatable bonds is 7. The summed E-state index contributed by atoms with van der Waals surface area (Å²) in [6.07, 6.45) is 1.76. The zero-order chi connectivity index (χ0) is 15.4. The molecule has 0 heterocycles. The average Bonchev–Trinajstić information content (AvgIpc) is 2.44. The maximum atomic E-state index is 13.3. The first-order valence-corrected chi connectivity index (χ1v) is 7.10. The summed E-state index contributed by atoms with van der Waals surface area (Å²) in [6.45, 7) is 6.98. The van der Waals surface area contributed by atoms with E-state index in [2.05, 4.69) is 27.7 Å². The normalized spacial score (nSPS) is 12.6. The van der Waals surface area contributed by atoms with Gasteiger partial charge in [0.15, 0.2) is 6.61 Å². The van der Waals surface area contributed by atoms with Crippen LogP contribution >= 0.6 is 0 Å². The molecule has 0 aliphatic rings. The molecular formula is C16H25F2NO. The van der Waals surface area contributed by atoms with Crippen LogP contribution in [0.3, 0.4) is 0 Å². The average molecular weight is 285 g/mol. The first-order valence-electron chi connectivity index (χ1n) is 7.10. The number of ether oxygens (including phenoxy) is 1. The summed E-state index contributed by atoms with van der Waals surface area (Å²) in [5.74, 6) is -2.44. The van der Waals surface area contributed by atoms with E-state index in [1.807, 2.05) is 12.1 Å². The van der Waals surface area contributed by atoms with Crippen LogP contribution in [0.15, 0.2) is 18.2 Å². The van der Waals surface area contributed by atoms with E-state index in [1.54, 1.807) is 6.07 Å². The predicted molar refractivity (Wildman–Crippen MR) is 78.6 cm³/mol. The minimum Gasteiger partial charge on any atom is -0.487 e. The molecule has 2 N–H and O–H groups in total. The van der Waals surface area contributed by atoms with Gasteiger partial charge in [0.1, 0.15) is 5.75 Å². The summed E-state index contributed by atoms with van der Waals surface area (Å²) in [4.78, 5) is 0. The van der Waals surface area contributed by atoms with E-state index in [4.69, 9.17) is 10.5 Å². The second-order valence-electron chi connectivity index (χ2n) is 5.73. The Balaban J connectivity index is 3.13. The molecule has 0 radical (unpaired) electrons. The maximum absolute atomic E-state index is 13.3. The van der Waals surface area contributed by atoms with Crippen molar-refractivity contribution in [1.82, 2.24) is 0 Å². The van der Waals surface area contributed by atoms with Crippen molar-refractivity contribution in [2.45, 2.75) is 51.9 Å². The van der Waals surface area contributed by atoms with E-state index in [1.165, 1.54) is 0 Å². The molecule has 0 aromatic heterocycles. The second-order valence-corrected chi connectivity index (χ2v) is 5.73. The molecule has 0 spiro atoms. The van der Waals surface area contributed by atoms with E-state index in [0.29, 0.717) is 5.75 Å². The highest BCUT2D eigenvalue weighted by Gasteiger charge is 2.30. The molecule has 1 aromatic carbocycles. The molecule has 0 bridgehead atoms. The Bertz CT molecular complexity index is 444. The number of aryl methyl sites for hydroxylation is 1. The maximum Gasteiger partial charge on any atom is 0.293 e. The lowest BCUT2D eigenvalue weighted by molar-refractivity contribution is -0.0324. The molecule has 114 valence electrons. The van der Waals surface area contributed by atoms with E-state index in [9.17, 15) is 8.78 Å². The van der Waals surface area contributed by atoms with Gasteiger partial charge in [0.05, 0.1) is 6.54 Å². The highest BCUT2D eigenvalue weighted by Crippen LogP contribution is 2.37. The molecule has 0 fully saturated rings. The standard InChI is InChI=1S/C16H25F2NO/c1-5-12-8-7-9-13(14(12)15(3,4)6-2)20-11-16(17,18)10-19/h7-9H,5-6,10-11,19H2,1-4H3. The van der Waals surface area contributed by atoms with Gasteiger partial charge in [-0.1, -0.05) is 39.8 Å². The van der Waals surface area contributed by atoms with Gasteiger partial charge in [-0.3, -0.25) is 0 Å². The molecule has 4 heteroatoms. The number of halogens is 2. The van der Waals surface area contributed by atoms with Gasteiger partial charge < -0.3 is 10.5 Å². The highest BCUT2D eigenvalue weighted by molar-refractivity contribution is 5.45. The Morgan fingerprint density at radius 2 is 1.85 bits per heavy atom. The number of hydrogen-bond donors (Lipinski definition) is 1. The van der Waals surface area contributed by atoms with Crippen LogP contribution in [-0.2, 0) is 11.8 Å². The molecule has 0 saturated carbocycles. The van der Waals surface area contributed by atoms with Gasteiger partial charge in [-0.05, 0) is 29.9 Å². The van der Waals surface area contributed by atoms with Crippen LogP contribution in [0.5, 0.6) is 5.75 Å². The van der Waals surface area contributed by atoms with Crippen LogP contribution in [0.2, 0.25) is 0 Å². The Hall–Kier alpha value is -1.16. The van der Waals surface area contributed by atoms with Gasteiger partial charge in [-0.25, -0.2) is 8.78 Å². The third kappa shape index (κ3) is 3.92. The van der Waals surface area contributed by atoms with E-state index in [-0.39, 0.29) is 5.41 Å². The van der Waals surface area contributed by atoms with Gasteiger partial charge >= 0.3 is 0 Å². The fourth-order valence-corrected chi connectivity index (χ4v) is 2.18. The van der Waals surface area contributed by atoms with Crippen molar-refractivity contribution in [2.24, 2.45) is 5.73 Å². The predicted octanol–water partition coefficient (Wildman–Crippen LogP) is 3.91. The van der Waals surface area contributed by atoms with Crippen molar-refractivity contribution >= 4 is 0 Å². The molecule has 0 atom stereocenters. The van der Waals surface area contributed by atoms with Crippen LogP contribution < -0.4 is 10.5 Å². The summed E-state index contributed by atoms with van der Waals surface area (Å²) in [6, 6.07) is 5.64. The highest BCUT2D eigenvalue weighted by atomic mass is 19.3. The lowest BCUT2D eigenvalue weighted by atomic mass is 9.78. The van der Waals surface area contributed by atoms with E-state index < -0.39 is 19.1 Å². The fourth-order valence-electron chi connectivity index (χ4n) is 2.18. The van der Waals surface area contributed by atoms with Crippen molar-refractivity contribution in [1.29, 1.82) is 0 Å². The number of nitrogens with two attached hydrogens (primary N) is 1. The minimum absolute atomic E-state index is 0.111. The molecule has 0 saturated heterocycles. The number of alkyl halides is 2. The summed E-state index contributed by atoms with van der Waals surface area (Å²) in [5, 5.41) is 0. The fraction of sp³-hybridized carbons (Fsp3) is 0.625. The molecule has 0 amide bonds. The quantitative estimate of drug-likeness (QED) is 0.824. The summed E-state index contributed by atoms with van der Waals surface area (Å²) < 4.78 is 32.0. The number of hydrogen-bond acceptors (Lipinski definition) is 2. The minimum atomic E-state index is -2.99. The molecular weight excluding hydrogens is 260 g/mol. The molecule has 20 heavy (non-hydrogen) atoms.